The predicted molar refractivity (Wildman–Crippen MR) is 103 cm³/mol. The molecule has 0 aromatic heterocycles. The Hall–Kier alpha value is -2.08. The molecule has 1 heterocycles. The molecular formula is C19H31N5O. The highest BCUT2D eigenvalue weighted by molar-refractivity contribution is 5.80. The van der Waals surface area contributed by atoms with Crippen molar-refractivity contribution >= 4 is 11.9 Å². The van der Waals surface area contributed by atoms with Crippen molar-refractivity contribution in [3.63, 3.8) is 0 Å². The maximum absolute atomic E-state index is 11.5. The summed E-state index contributed by atoms with van der Waals surface area (Å²) in [4.78, 5) is 18.0. The van der Waals surface area contributed by atoms with Gasteiger partial charge in [-0.2, -0.15) is 0 Å². The number of aryl methyl sites for hydroxylation is 1. The molecule has 0 atom stereocenters. The lowest BCUT2D eigenvalue weighted by molar-refractivity contribution is -0.122. The molecule has 0 unspecified atom stereocenters. The Kier molecular flexibility index (Phi) is 7.73. The van der Waals surface area contributed by atoms with Crippen molar-refractivity contribution in [1.82, 2.24) is 20.9 Å². The average molecular weight is 345 g/mol. The van der Waals surface area contributed by atoms with E-state index in [4.69, 9.17) is 0 Å². The summed E-state index contributed by atoms with van der Waals surface area (Å²) in [6.07, 6.45) is 3.07. The molecule has 0 aliphatic carbocycles. The quantitative estimate of drug-likeness (QED) is 0.534. The van der Waals surface area contributed by atoms with Crippen LogP contribution in [-0.2, 0) is 17.8 Å². The molecule has 2 rings (SSSR count). The van der Waals surface area contributed by atoms with Crippen LogP contribution >= 0.6 is 0 Å². The minimum atomic E-state index is 0.0819. The summed E-state index contributed by atoms with van der Waals surface area (Å²) in [6, 6.07) is 8.90. The number of aliphatic imine (C=N–C) groups is 1. The number of guanidine groups is 1. The number of hydrogen-bond acceptors (Lipinski definition) is 3. The van der Waals surface area contributed by atoms with Gasteiger partial charge in [-0.25, -0.2) is 0 Å². The smallest absolute Gasteiger partial charge is 0.233 e. The molecule has 0 saturated carbocycles. The van der Waals surface area contributed by atoms with Gasteiger partial charge in [0.1, 0.15) is 0 Å². The molecule has 1 fully saturated rings. The standard InChI is InChI=1S/C19H31N5O/c1-4-15-7-5-6-8-16(15)13-22-19(21-3)23-17-9-11-24(12-10-17)14-18(25)20-2/h5-8,17H,4,9-14H2,1-3H3,(H,20,25)(H2,21,22,23). The lowest BCUT2D eigenvalue weighted by atomic mass is 10.0. The van der Waals surface area contributed by atoms with E-state index in [0.29, 0.717) is 12.6 Å². The normalized spacial score (nSPS) is 16.5. The number of hydrogen-bond donors (Lipinski definition) is 3. The number of benzene rings is 1. The molecule has 25 heavy (non-hydrogen) atoms. The molecule has 6 nitrogen and oxygen atoms in total. The van der Waals surface area contributed by atoms with Crippen LogP contribution < -0.4 is 16.0 Å². The molecule has 1 aromatic carbocycles. The van der Waals surface area contributed by atoms with Gasteiger partial charge in [-0.15, -0.1) is 0 Å². The Morgan fingerprint density at radius 1 is 1.24 bits per heavy atom. The second kappa shape index (κ2) is 10.0. The van der Waals surface area contributed by atoms with E-state index < -0.39 is 0 Å². The number of likely N-dealkylation sites (tertiary alicyclic amines) is 1. The van der Waals surface area contributed by atoms with E-state index in [1.54, 1.807) is 7.05 Å². The summed E-state index contributed by atoms with van der Waals surface area (Å²) in [5, 5.41) is 9.62. The van der Waals surface area contributed by atoms with E-state index in [1.807, 2.05) is 7.05 Å². The van der Waals surface area contributed by atoms with Crippen molar-refractivity contribution in [2.24, 2.45) is 4.99 Å². The summed E-state index contributed by atoms with van der Waals surface area (Å²) in [6.45, 7) is 5.31. The maximum Gasteiger partial charge on any atom is 0.233 e. The third kappa shape index (κ3) is 6.05. The second-order valence-corrected chi connectivity index (χ2v) is 6.42. The largest absolute Gasteiger partial charge is 0.358 e. The highest BCUT2D eigenvalue weighted by Gasteiger charge is 2.21. The van der Waals surface area contributed by atoms with E-state index in [9.17, 15) is 4.79 Å². The van der Waals surface area contributed by atoms with Gasteiger partial charge in [0, 0.05) is 39.8 Å². The van der Waals surface area contributed by atoms with Gasteiger partial charge in [0.25, 0.3) is 0 Å². The fourth-order valence-electron chi connectivity index (χ4n) is 3.16. The molecule has 0 spiro atoms. The summed E-state index contributed by atoms with van der Waals surface area (Å²) in [7, 11) is 3.49. The van der Waals surface area contributed by atoms with Gasteiger partial charge in [0.15, 0.2) is 5.96 Å². The van der Waals surface area contributed by atoms with Crippen LogP contribution in [0.5, 0.6) is 0 Å². The van der Waals surface area contributed by atoms with Crippen molar-refractivity contribution in [2.75, 3.05) is 33.7 Å². The van der Waals surface area contributed by atoms with Crippen molar-refractivity contribution < 1.29 is 4.79 Å². The average Bonchev–Trinajstić information content (AvgIpc) is 2.66. The van der Waals surface area contributed by atoms with E-state index in [0.717, 1.165) is 44.9 Å². The number of rotatable bonds is 6. The van der Waals surface area contributed by atoms with Gasteiger partial charge in [0.2, 0.25) is 5.91 Å². The zero-order chi connectivity index (χ0) is 18.1. The van der Waals surface area contributed by atoms with Crippen LogP contribution in [-0.4, -0.2) is 56.5 Å². The number of nitrogens with one attached hydrogen (secondary N) is 3. The third-order valence-corrected chi connectivity index (χ3v) is 4.74. The number of piperidine rings is 1. The molecule has 3 N–H and O–H groups in total. The number of carbonyl (C=O) groups is 1. The first-order valence-electron chi connectivity index (χ1n) is 9.13. The van der Waals surface area contributed by atoms with E-state index in [-0.39, 0.29) is 5.91 Å². The summed E-state index contributed by atoms with van der Waals surface area (Å²) in [5.41, 5.74) is 2.68. The van der Waals surface area contributed by atoms with E-state index >= 15 is 0 Å². The monoisotopic (exact) mass is 345 g/mol. The summed E-state index contributed by atoms with van der Waals surface area (Å²) < 4.78 is 0. The SMILES string of the molecule is CCc1ccccc1CNC(=NC)NC1CCN(CC(=O)NC)CC1. The zero-order valence-corrected chi connectivity index (χ0v) is 15.6. The van der Waals surface area contributed by atoms with Crippen molar-refractivity contribution in [2.45, 2.75) is 38.8 Å². The lowest BCUT2D eigenvalue weighted by Gasteiger charge is -2.32. The number of likely N-dealkylation sites (N-methyl/N-ethyl adjacent to an activating group) is 1. The topological polar surface area (TPSA) is 68.8 Å². The molecule has 138 valence electrons. The van der Waals surface area contributed by atoms with E-state index in [1.165, 1.54) is 11.1 Å². The molecule has 1 aromatic rings. The number of carbonyl (C=O) groups excluding carboxylic acids is 1. The molecule has 1 saturated heterocycles. The number of amides is 1. The van der Waals surface area contributed by atoms with Gasteiger partial charge >= 0.3 is 0 Å². The van der Waals surface area contributed by atoms with Crippen LogP contribution in [0.2, 0.25) is 0 Å². The number of nitrogens with zero attached hydrogens (tertiary/aromatic N) is 2. The van der Waals surface area contributed by atoms with Gasteiger partial charge in [-0.1, -0.05) is 31.2 Å². The van der Waals surface area contributed by atoms with Gasteiger partial charge in [-0.3, -0.25) is 14.7 Å². The molecule has 6 heteroatoms. The minimum absolute atomic E-state index is 0.0819. The van der Waals surface area contributed by atoms with Crippen LogP contribution in [0.4, 0.5) is 0 Å². The molecule has 0 bridgehead atoms. The highest BCUT2D eigenvalue weighted by Crippen LogP contribution is 2.11. The third-order valence-electron chi connectivity index (χ3n) is 4.74. The van der Waals surface area contributed by atoms with Crippen molar-refractivity contribution in [1.29, 1.82) is 0 Å². The van der Waals surface area contributed by atoms with E-state index in [2.05, 4.69) is 57.0 Å². The van der Waals surface area contributed by atoms with Crippen LogP contribution in [0.25, 0.3) is 0 Å². The van der Waals surface area contributed by atoms with Crippen LogP contribution in [0.1, 0.15) is 30.9 Å². The van der Waals surface area contributed by atoms with Gasteiger partial charge < -0.3 is 16.0 Å². The molecular weight excluding hydrogens is 314 g/mol. The first kappa shape index (κ1) is 19.2. The fourth-order valence-corrected chi connectivity index (χ4v) is 3.16. The Morgan fingerprint density at radius 2 is 1.92 bits per heavy atom. The fraction of sp³-hybridized carbons (Fsp3) is 0.579. The summed E-state index contributed by atoms with van der Waals surface area (Å²) >= 11 is 0. The van der Waals surface area contributed by atoms with Crippen LogP contribution in [0.15, 0.2) is 29.3 Å². The molecule has 0 radical (unpaired) electrons. The predicted octanol–water partition coefficient (Wildman–Crippen LogP) is 1.12. The van der Waals surface area contributed by atoms with Crippen molar-refractivity contribution in [3.05, 3.63) is 35.4 Å². The minimum Gasteiger partial charge on any atom is -0.358 e. The first-order valence-corrected chi connectivity index (χ1v) is 9.13. The molecule has 1 aliphatic rings. The molecule has 1 aliphatic heterocycles. The highest BCUT2D eigenvalue weighted by atomic mass is 16.1. The lowest BCUT2D eigenvalue weighted by Crippen LogP contribution is -2.49. The van der Waals surface area contributed by atoms with Crippen molar-refractivity contribution in [3.8, 4) is 0 Å². The first-order chi connectivity index (χ1) is 12.2. The summed E-state index contributed by atoms with van der Waals surface area (Å²) in [5.74, 6) is 0.925. The molecule has 1 amide bonds. The Labute approximate surface area is 151 Å². The maximum atomic E-state index is 11.5. The Balaban J connectivity index is 1.78. The van der Waals surface area contributed by atoms with Gasteiger partial charge in [-0.05, 0) is 30.4 Å². The van der Waals surface area contributed by atoms with Crippen LogP contribution in [0, 0.1) is 0 Å². The Morgan fingerprint density at radius 3 is 2.52 bits per heavy atom. The second-order valence-electron chi connectivity index (χ2n) is 6.42. The van der Waals surface area contributed by atoms with Crippen LogP contribution in [0.3, 0.4) is 0 Å². The van der Waals surface area contributed by atoms with Gasteiger partial charge in [0.05, 0.1) is 6.54 Å². The zero-order valence-electron chi connectivity index (χ0n) is 15.6. The Bertz CT molecular complexity index is 579.